The lowest BCUT2D eigenvalue weighted by Gasteiger charge is -2.14. The SMILES string of the molecule is CC(Oc1ccc(Cl)cc1Cl)C(=O)NN=Cc1ccc(N(C)C)cc1. The number of benzene rings is 2. The van der Waals surface area contributed by atoms with Crippen molar-refractivity contribution >= 4 is 41.0 Å². The molecule has 1 N–H and O–H groups in total. The zero-order valence-electron chi connectivity index (χ0n) is 14.2. The third-order valence-electron chi connectivity index (χ3n) is 3.36. The largest absolute Gasteiger partial charge is 0.479 e. The van der Waals surface area contributed by atoms with Crippen LogP contribution in [0.15, 0.2) is 47.6 Å². The molecule has 1 unspecified atom stereocenters. The molecule has 0 heterocycles. The quantitative estimate of drug-likeness (QED) is 0.609. The number of nitrogens with one attached hydrogen (secondary N) is 1. The van der Waals surface area contributed by atoms with E-state index in [-0.39, 0.29) is 5.91 Å². The molecule has 2 aromatic rings. The molecule has 1 amide bonds. The molecule has 1 atom stereocenters. The average molecular weight is 380 g/mol. The van der Waals surface area contributed by atoms with Gasteiger partial charge >= 0.3 is 0 Å². The van der Waals surface area contributed by atoms with Crippen LogP contribution in [0.1, 0.15) is 12.5 Å². The van der Waals surface area contributed by atoms with Crippen LogP contribution in [0.25, 0.3) is 0 Å². The second kappa shape index (κ2) is 8.74. The van der Waals surface area contributed by atoms with Crippen molar-refractivity contribution in [1.29, 1.82) is 0 Å². The van der Waals surface area contributed by atoms with Gasteiger partial charge in [-0.05, 0) is 42.8 Å². The lowest BCUT2D eigenvalue weighted by molar-refractivity contribution is -0.127. The summed E-state index contributed by atoms with van der Waals surface area (Å²) in [5.41, 5.74) is 4.41. The molecular weight excluding hydrogens is 361 g/mol. The normalized spacial score (nSPS) is 12.0. The standard InChI is InChI=1S/C18H19Cl2N3O2/c1-12(25-17-9-6-14(19)10-16(17)20)18(24)22-21-11-13-4-7-15(8-5-13)23(2)3/h4-12H,1-3H3,(H,22,24). The van der Waals surface area contributed by atoms with Gasteiger partial charge in [-0.15, -0.1) is 0 Å². The molecule has 2 rings (SSSR count). The molecule has 25 heavy (non-hydrogen) atoms. The van der Waals surface area contributed by atoms with Crippen molar-refractivity contribution in [2.45, 2.75) is 13.0 Å². The highest BCUT2D eigenvalue weighted by Gasteiger charge is 2.15. The minimum absolute atomic E-state index is 0.344. The maximum absolute atomic E-state index is 12.0. The Morgan fingerprint density at radius 3 is 2.48 bits per heavy atom. The number of hydrazone groups is 1. The number of carbonyl (C=O) groups excluding carboxylic acids is 1. The van der Waals surface area contributed by atoms with E-state index in [9.17, 15) is 4.79 Å². The van der Waals surface area contributed by atoms with Crippen LogP contribution in [0.5, 0.6) is 5.75 Å². The van der Waals surface area contributed by atoms with Crippen molar-refractivity contribution in [3.05, 3.63) is 58.1 Å². The Bertz CT molecular complexity index is 761. The zero-order valence-corrected chi connectivity index (χ0v) is 15.7. The van der Waals surface area contributed by atoms with Gasteiger partial charge in [-0.2, -0.15) is 5.10 Å². The van der Waals surface area contributed by atoms with Gasteiger partial charge in [0, 0.05) is 24.8 Å². The van der Waals surface area contributed by atoms with Gasteiger partial charge in [0.2, 0.25) is 0 Å². The number of anilines is 1. The number of ether oxygens (including phenoxy) is 1. The summed E-state index contributed by atoms with van der Waals surface area (Å²) >= 11 is 11.9. The smallest absolute Gasteiger partial charge is 0.280 e. The van der Waals surface area contributed by atoms with Gasteiger partial charge in [-0.3, -0.25) is 4.79 Å². The van der Waals surface area contributed by atoms with Gasteiger partial charge in [0.05, 0.1) is 11.2 Å². The molecule has 0 saturated carbocycles. The van der Waals surface area contributed by atoms with E-state index in [2.05, 4.69) is 10.5 Å². The molecule has 0 aliphatic carbocycles. The van der Waals surface area contributed by atoms with E-state index >= 15 is 0 Å². The summed E-state index contributed by atoms with van der Waals surface area (Å²) in [4.78, 5) is 14.0. The average Bonchev–Trinajstić information content (AvgIpc) is 2.57. The van der Waals surface area contributed by atoms with E-state index in [1.54, 1.807) is 31.3 Å². The number of hydrogen-bond acceptors (Lipinski definition) is 4. The Kier molecular flexibility index (Phi) is 6.67. The van der Waals surface area contributed by atoms with Crippen LogP contribution in [0.4, 0.5) is 5.69 Å². The van der Waals surface area contributed by atoms with E-state index in [1.807, 2.05) is 43.3 Å². The fourth-order valence-electron chi connectivity index (χ4n) is 1.93. The fraction of sp³-hybridized carbons (Fsp3) is 0.222. The topological polar surface area (TPSA) is 53.9 Å². The van der Waals surface area contributed by atoms with Gasteiger partial charge < -0.3 is 9.64 Å². The van der Waals surface area contributed by atoms with Crippen molar-refractivity contribution in [3.8, 4) is 5.75 Å². The van der Waals surface area contributed by atoms with Gasteiger partial charge in [-0.1, -0.05) is 35.3 Å². The molecule has 7 heteroatoms. The lowest BCUT2D eigenvalue weighted by atomic mass is 10.2. The zero-order chi connectivity index (χ0) is 18.4. The maximum atomic E-state index is 12.0. The molecule has 0 fully saturated rings. The first kappa shape index (κ1) is 19.1. The van der Waals surface area contributed by atoms with Crippen molar-refractivity contribution in [2.75, 3.05) is 19.0 Å². The predicted molar refractivity (Wildman–Crippen MR) is 103 cm³/mol. The molecule has 0 bridgehead atoms. The molecule has 0 aromatic heterocycles. The summed E-state index contributed by atoms with van der Waals surface area (Å²) in [6.07, 6.45) is 0.811. The number of rotatable bonds is 6. The van der Waals surface area contributed by atoms with E-state index < -0.39 is 6.10 Å². The highest BCUT2D eigenvalue weighted by molar-refractivity contribution is 6.35. The first-order valence-electron chi connectivity index (χ1n) is 7.59. The van der Waals surface area contributed by atoms with Crippen LogP contribution in [-0.4, -0.2) is 32.3 Å². The first-order chi connectivity index (χ1) is 11.9. The number of amides is 1. The Morgan fingerprint density at radius 2 is 1.88 bits per heavy atom. The van der Waals surface area contributed by atoms with Crippen LogP contribution in [0, 0.1) is 0 Å². The van der Waals surface area contributed by atoms with Crippen molar-refractivity contribution in [1.82, 2.24) is 5.43 Å². The third-order valence-corrected chi connectivity index (χ3v) is 3.90. The summed E-state index contributed by atoms with van der Waals surface area (Å²) in [7, 11) is 3.94. The Balaban J connectivity index is 1.90. The summed E-state index contributed by atoms with van der Waals surface area (Å²) < 4.78 is 5.52. The summed E-state index contributed by atoms with van der Waals surface area (Å²) in [6.45, 7) is 1.61. The minimum atomic E-state index is -0.757. The van der Waals surface area contributed by atoms with E-state index in [1.165, 1.54) is 0 Å². The Morgan fingerprint density at radius 1 is 1.20 bits per heavy atom. The third kappa shape index (κ3) is 5.66. The summed E-state index contributed by atoms with van der Waals surface area (Å²) in [5, 5.41) is 4.79. The number of halogens is 2. The first-order valence-corrected chi connectivity index (χ1v) is 8.34. The molecule has 0 radical (unpaired) electrons. The molecule has 0 saturated heterocycles. The molecule has 0 aliphatic rings. The highest BCUT2D eigenvalue weighted by Crippen LogP contribution is 2.28. The van der Waals surface area contributed by atoms with E-state index in [0.29, 0.717) is 15.8 Å². The second-order valence-corrected chi connectivity index (χ2v) is 6.40. The van der Waals surface area contributed by atoms with Crippen LogP contribution in [-0.2, 0) is 4.79 Å². The van der Waals surface area contributed by atoms with Crippen LogP contribution in [0.2, 0.25) is 10.0 Å². The maximum Gasteiger partial charge on any atom is 0.280 e. The summed E-state index contributed by atoms with van der Waals surface area (Å²) in [5.74, 6) is 0.00384. The van der Waals surface area contributed by atoms with Crippen LogP contribution < -0.4 is 15.1 Å². The fourth-order valence-corrected chi connectivity index (χ4v) is 2.39. The number of nitrogens with zero attached hydrogens (tertiary/aromatic N) is 2. The monoisotopic (exact) mass is 379 g/mol. The highest BCUT2D eigenvalue weighted by atomic mass is 35.5. The number of carbonyl (C=O) groups is 1. The lowest BCUT2D eigenvalue weighted by Crippen LogP contribution is -2.33. The van der Waals surface area contributed by atoms with Crippen molar-refractivity contribution in [2.24, 2.45) is 5.10 Å². The molecule has 0 spiro atoms. The van der Waals surface area contributed by atoms with E-state index in [4.69, 9.17) is 27.9 Å². The Hall–Kier alpha value is -2.24. The molecule has 132 valence electrons. The Labute approximate surface area is 157 Å². The van der Waals surface area contributed by atoms with Gasteiger partial charge in [0.15, 0.2) is 6.10 Å². The molecule has 2 aromatic carbocycles. The van der Waals surface area contributed by atoms with Gasteiger partial charge in [-0.25, -0.2) is 5.43 Å². The second-order valence-electron chi connectivity index (χ2n) is 5.56. The minimum Gasteiger partial charge on any atom is -0.479 e. The summed E-state index contributed by atoms with van der Waals surface area (Å²) in [6, 6.07) is 12.6. The van der Waals surface area contributed by atoms with Crippen LogP contribution >= 0.6 is 23.2 Å². The predicted octanol–water partition coefficient (Wildman–Crippen LogP) is 3.98. The van der Waals surface area contributed by atoms with Gasteiger partial charge in [0.1, 0.15) is 5.75 Å². The van der Waals surface area contributed by atoms with E-state index in [0.717, 1.165) is 11.3 Å². The van der Waals surface area contributed by atoms with Crippen molar-refractivity contribution < 1.29 is 9.53 Å². The number of hydrogen-bond donors (Lipinski definition) is 1. The van der Waals surface area contributed by atoms with Gasteiger partial charge in [0.25, 0.3) is 5.91 Å². The van der Waals surface area contributed by atoms with Crippen LogP contribution in [0.3, 0.4) is 0 Å². The molecular formula is C18H19Cl2N3O2. The molecule has 0 aliphatic heterocycles. The molecule has 5 nitrogen and oxygen atoms in total. The van der Waals surface area contributed by atoms with Crippen molar-refractivity contribution in [3.63, 3.8) is 0 Å².